The molecule has 0 spiro atoms. The van der Waals surface area contributed by atoms with Gasteiger partial charge < -0.3 is 15.1 Å². The number of nitrogens with zero attached hydrogens (tertiary/aromatic N) is 3. The molecular weight excluding hydrogens is 304 g/mol. The zero-order chi connectivity index (χ0) is 17.1. The second-order valence-corrected chi connectivity index (χ2v) is 6.52. The first-order chi connectivity index (χ1) is 11.6. The van der Waals surface area contributed by atoms with Crippen molar-refractivity contribution >= 4 is 23.3 Å². The highest BCUT2D eigenvalue weighted by Crippen LogP contribution is 2.28. The van der Waals surface area contributed by atoms with E-state index in [1.54, 1.807) is 9.80 Å². The maximum Gasteiger partial charge on any atom is 0.321 e. The van der Waals surface area contributed by atoms with E-state index >= 15 is 0 Å². The number of anilines is 2. The van der Waals surface area contributed by atoms with Crippen molar-refractivity contribution in [1.29, 1.82) is 5.26 Å². The number of carbonyl (C=O) groups excluding carboxylic acids is 2. The van der Waals surface area contributed by atoms with Gasteiger partial charge in [0.1, 0.15) is 0 Å². The molecule has 2 aliphatic heterocycles. The van der Waals surface area contributed by atoms with Gasteiger partial charge in [-0.15, -0.1) is 0 Å². The molecule has 3 amide bonds. The summed E-state index contributed by atoms with van der Waals surface area (Å²) in [4.78, 5) is 27.9. The molecule has 2 aliphatic rings. The number of hydrogen-bond acceptors (Lipinski definition) is 3. The lowest BCUT2D eigenvalue weighted by molar-refractivity contribution is -0.117. The van der Waals surface area contributed by atoms with Gasteiger partial charge in [0.15, 0.2) is 0 Å². The molecule has 0 aromatic heterocycles. The summed E-state index contributed by atoms with van der Waals surface area (Å²) in [6.07, 6.45) is 2.89. The molecule has 1 atom stereocenters. The van der Waals surface area contributed by atoms with Crippen LogP contribution in [0.4, 0.5) is 16.2 Å². The molecule has 2 saturated heterocycles. The minimum absolute atomic E-state index is 0.0556. The summed E-state index contributed by atoms with van der Waals surface area (Å²) in [7, 11) is 0. The van der Waals surface area contributed by atoms with Crippen LogP contribution >= 0.6 is 0 Å². The average Bonchev–Trinajstić information content (AvgIpc) is 2.94. The van der Waals surface area contributed by atoms with Crippen molar-refractivity contribution in [2.45, 2.75) is 38.6 Å². The monoisotopic (exact) mass is 326 g/mol. The van der Waals surface area contributed by atoms with Gasteiger partial charge in [0, 0.05) is 42.8 Å². The first-order valence-corrected chi connectivity index (χ1v) is 8.46. The van der Waals surface area contributed by atoms with Gasteiger partial charge in [-0.1, -0.05) is 6.07 Å². The lowest BCUT2D eigenvalue weighted by atomic mass is 9.99. The summed E-state index contributed by atoms with van der Waals surface area (Å²) >= 11 is 0. The molecule has 3 rings (SSSR count). The van der Waals surface area contributed by atoms with E-state index in [4.69, 9.17) is 5.26 Å². The predicted molar refractivity (Wildman–Crippen MR) is 91.6 cm³/mol. The number of hydrogen-bond donors (Lipinski definition) is 1. The molecule has 6 nitrogen and oxygen atoms in total. The molecule has 0 unspecified atom stereocenters. The van der Waals surface area contributed by atoms with Crippen LogP contribution in [0.2, 0.25) is 0 Å². The molecule has 1 aromatic carbocycles. The van der Waals surface area contributed by atoms with E-state index in [0.717, 1.165) is 24.9 Å². The number of piperidine rings is 1. The van der Waals surface area contributed by atoms with Gasteiger partial charge in [0.2, 0.25) is 5.91 Å². The van der Waals surface area contributed by atoms with E-state index in [-0.39, 0.29) is 23.9 Å². The van der Waals surface area contributed by atoms with Crippen molar-refractivity contribution in [2.24, 2.45) is 5.92 Å². The number of rotatable bonds is 2. The Morgan fingerprint density at radius 1 is 1.29 bits per heavy atom. The fourth-order valence-electron chi connectivity index (χ4n) is 3.37. The highest BCUT2D eigenvalue weighted by molar-refractivity contribution is 5.97. The summed E-state index contributed by atoms with van der Waals surface area (Å²) < 4.78 is 0. The Bertz CT molecular complexity index is 674. The second kappa shape index (κ2) is 6.91. The number of nitriles is 1. The van der Waals surface area contributed by atoms with Crippen LogP contribution in [0.25, 0.3) is 0 Å². The Morgan fingerprint density at radius 2 is 2.04 bits per heavy atom. The standard InChI is InChI=1S/C18H22N4O2/c1-13-5-6-17(23)22(13)16-4-2-3-15(11-16)20-18(24)21-9-7-14(12-19)8-10-21/h2-4,11,13-14H,5-10H2,1H3,(H,20,24)/t13-/m0/s1. The zero-order valence-electron chi connectivity index (χ0n) is 13.9. The Morgan fingerprint density at radius 3 is 2.67 bits per heavy atom. The summed E-state index contributed by atoms with van der Waals surface area (Å²) in [5.74, 6) is 0.185. The Hall–Kier alpha value is -2.55. The maximum atomic E-state index is 12.4. The largest absolute Gasteiger partial charge is 0.324 e. The molecule has 126 valence electrons. The lowest BCUT2D eigenvalue weighted by Crippen LogP contribution is -2.40. The van der Waals surface area contributed by atoms with Gasteiger partial charge in [0.05, 0.1) is 6.07 Å². The highest BCUT2D eigenvalue weighted by Gasteiger charge is 2.29. The minimum Gasteiger partial charge on any atom is -0.324 e. The lowest BCUT2D eigenvalue weighted by Gasteiger charge is -2.29. The zero-order valence-corrected chi connectivity index (χ0v) is 13.9. The van der Waals surface area contributed by atoms with Crippen molar-refractivity contribution in [2.75, 3.05) is 23.3 Å². The Balaban J connectivity index is 1.66. The Kier molecular flexibility index (Phi) is 4.70. The molecular formula is C18H22N4O2. The summed E-state index contributed by atoms with van der Waals surface area (Å²) in [5, 5.41) is 11.8. The summed E-state index contributed by atoms with van der Waals surface area (Å²) in [6, 6.07) is 9.73. The van der Waals surface area contributed by atoms with Crippen molar-refractivity contribution in [3.05, 3.63) is 24.3 Å². The molecule has 1 N–H and O–H groups in total. The van der Waals surface area contributed by atoms with Crippen molar-refractivity contribution in [3.8, 4) is 6.07 Å². The fraction of sp³-hybridized carbons (Fsp3) is 0.500. The van der Waals surface area contributed by atoms with Crippen molar-refractivity contribution < 1.29 is 9.59 Å². The number of carbonyl (C=O) groups is 2. The minimum atomic E-state index is -0.149. The molecule has 0 radical (unpaired) electrons. The van der Waals surface area contributed by atoms with Gasteiger partial charge in [-0.05, 0) is 44.4 Å². The molecule has 0 aliphatic carbocycles. The smallest absolute Gasteiger partial charge is 0.321 e. The van der Waals surface area contributed by atoms with E-state index in [1.165, 1.54) is 0 Å². The Labute approximate surface area is 142 Å². The van der Waals surface area contributed by atoms with E-state index in [0.29, 0.717) is 25.2 Å². The van der Waals surface area contributed by atoms with E-state index < -0.39 is 0 Å². The normalized spacial score (nSPS) is 21.7. The third kappa shape index (κ3) is 3.35. The highest BCUT2D eigenvalue weighted by atomic mass is 16.2. The number of nitrogens with one attached hydrogen (secondary N) is 1. The van der Waals surface area contributed by atoms with E-state index in [2.05, 4.69) is 11.4 Å². The topological polar surface area (TPSA) is 76.4 Å². The van der Waals surface area contributed by atoms with Crippen molar-refractivity contribution in [3.63, 3.8) is 0 Å². The third-order valence-electron chi connectivity index (χ3n) is 4.83. The van der Waals surface area contributed by atoms with E-state index in [1.807, 2.05) is 31.2 Å². The van der Waals surface area contributed by atoms with Crippen LogP contribution in [0, 0.1) is 17.2 Å². The predicted octanol–water partition coefficient (Wildman–Crippen LogP) is 2.97. The van der Waals surface area contributed by atoms with Crippen LogP contribution in [0.3, 0.4) is 0 Å². The van der Waals surface area contributed by atoms with Crippen molar-refractivity contribution in [1.82, 2.24) is 4.90 Å². The van der Waals surface area contributed by atoms with Gasteiger partial charge in [-0.25, -0.2) is 4.79 Å². The van der Waals surface area contributed by atoms with Crippen LogP contribution < -0.4 is 10.2 Å². The van der Waals surface area contributed by atoms with Crippen LogP contribution in [-0.2, 0) is 4.79 Å². The van der Waals surface area contributed by atoms with Gasteiger partial charge in [-0.3, -0.25) is 4.79 Å². The van der Waals surface area contributed by atoms with Crippen LogP contribution in [0.5, 0.6) is 0 Å². The first kappa shape index (κ1) is 16.3. The molecule has 2 heterocycles. The number of likely N-dealkylation sites (tertiary alicyclic amines) is 1. The second-order valence-electron chi connectivity index (χ2n) is 6.52. The number of benzene rings is 1. The first-order valence-electron chi connectivity index (χ1n) is 8.46. The molecule has 24 heavy (non-hydrogen) atoms. The van der Waals surface area contributed by atoms with Crippen LogP contribution in [0.1, 0.15) is 32.6 Å². The molecule has 6 heteroatoms. The molecule has 1 aromatic rings. The SMILES string of the molecule is C[C@H]1CCC(=O)N1c1cccc(NC(=O)N2CCC(C#N)CC2)c1. The summed E-state index contributed by atoms with van der Waals surface area (Å²) in [6.45, 7) is 3.24. The fourth-order valence-corrected chi connectivity index (χ4v) is 3.37. The molecule has 2 fully saturated rings. The number of amides is 3. The molecule has 0 saturated carbocycles. The van der Waals surface area contributed by atoms with Gasteiger partial charge in [0.25, 0.3) is 0 Å². The van der Waals surface area contributed by atoms with Crippen LogP contribution in [0.15, 0.2) is 24.3 Å². The average molecular weight is 326 g/mol. The van der Waals surface area contributed by atoms with Gasteiger partial charge >= 0.3 is 6.03 Å². The summed E-state index contributed by atoms with van der Waals surface area (Å²) in [5.41, 5.74) is 1.51. The number of urea groups is 1. The third-order valence-corrected chi connectivity index (χ3v) is 4.83. The van der Waals surface area contributed by atoms with E-state index in [9.17, 15) is 9.59 Å². The van der Waals surface area contributed by atoms with Crippen LogP contribution in [-0.4, -0.2) is 36.0 Å². The molecule has 0 bridgehead atoms. The maximum absolute atomic E-state index is 12.4. The quantitative estimate of drug-likeness (QED) is 0.907. The van der Waals surface area contributed by atoms with Gasteiger partial charge in [-0.2, -0.15) is 5.26 Å².